The van der Waals surface area contributed by atoms with Crippen LogP contribution in [-0.2, 0) is 26.1 Å². The molecule has 0 aromatic carbocycles. The second-order valence-electron chi connectivity index (χ2n) is 2.61. The minimum atomic E-state index is 0. The Bertz CT molecular complexity index is 72.5. The average molecular weight is 265 g/mol. The fourth-order valence-corrected chi connectivity index (χ4v) is 3.60. The van der Waals surface area contributed by atoms with E-state index < -0.39 is 0 Å². The van der Waals surface area contributed by atoms with Crippen molar-refractivity contribution in [3.8, 4) is 0 Å². The zero-order valence-corrected chi connectivity index (χ0v) is 11.2. The van der Waals surface area contributed by atoms with Gasteiger partial charge in [-0.3, -0.25) is 9.59 Å². The summed E-state index contributed by atoms with van der Waals surface area (Å²) in [6.45, 7) is 18.4. The van der Waals surface area contributed by atoms with E-state index in [-0.39, 0.29) is 16.5 Å². The number of rotatable bonds is 3. The van der Waals surface area contributed by atoms with Gasteiger partial charge in [-0.15, -0.1) is 15.8 Å². The van der Waals surface area contributed by atoms with Crippen molar-refractivity contribution in [2.75, 3.05) is 39.0 Å². The monoisotopic (exact) mass is 264 g/mol. The Morgan fingerprint density at radius 2 is 0.923 bits per heavy atom. The van der Waals surface area contributed by atoms with Crippen LogP contribution in [0.5, 0.6) is 0 Å². The molecule has 0 rings (SSSR count). The van der Waals surface area contributed by atoms with Crippen molar-refractivity contribution in [2.45, 2.75) is 0 Å². The maximum Gasteiger partial charge on any atom is 0.281 e. The second-order valence-corrected chi connectivity index (χ2v) is 7.82. The molecule has 0 unspecified atom stereocenters. The van der Waals surface area contributed by atoms with Gasteiger partial charge in [0.1, 0.15) is 0 Å². The molecule has 13 heavy (non-hydrogen) atoms. The molecule has 80 valence electrons. The summed E-state index contributed by atoms with van der Waals surface area (Å²) in [6, 6.07) is 0. The second kappa shape index (κ2) is 23.0. The van der Waals surface area contributed by atoms with Gasteiger partial charge in [-0.2, -0.15) is 0 Å². The molecule has 0 atom stereocenters. The molecule has 0 saturated carbocycles. The van der Waals surface area contributed by atoms with E-state index in [0.29, 0.717) is 15.8 Å². The quantitative estimate of drug-likeness (QED) is 0.574. The average Bonchev–Trinajstić information content (AvgIpc) is 2.08. The van der Waals surface area contributed by atoms with Gasteiger partial charge in [0, 0.05) is 16.5 Å². The number of carbonyl (C=O) groups excluding carboxylic acids is 2. The smallest absolute Gasteiger partial charge is 0.281 e. The Morgan fingerprint density at radius 1 is 0.769 bits per heavy atom. The van der Waals surface area contributed by atoms with Gasteiger partial charge in [0.2, 0.25) is 0 Å². The van der Waals surface area contributed by atoms with E-state index >= 15 is 0 Å². The van der Waals surface area contributed by atoms with Crippen LogP contribution in [0.4, 0.5) is 0 Å². The predicted molar refractivity (Wildman–Crippen MR) is 58.7 cm³/mol. The van der Waals surface area contributed by atoms with Crippen molar-refractivity contribution >= 4 is 29.4 Å². The van der Waals surface area contributed by atoms with Crippen molar-refractivity contribution in [1.29, 1.82) is 0 Å². The first kappa shape index (κ1) is 23.5. The molecule has 0 aromatic rings. The van der Waals surface area contributed by atoms with Crippen LogP contribution in [-0.4, -0.2) is 52.6 Å². The Hall–Kier alpha value is 0.694. The van der Waals surface area contributed by atoms with Crippen LogP contribution in [0, 0.1) is 0 Å². The van der Waals surface area contributed by atoms with Crippen LogP contribution in [0.25, 0.3) is 0 Å². The van der Waals surface area contributed by atoms with E-state index in [2.05, 4.69) is 40.2 Å². The van der Waals surface area contributed by atoms with Gasteiger partial charge in [-0.05, 0) is 39.0 Å². The predicted octanol–water partition coefficient (Wildman–Crippen LogP) is 1.67. The van der Waals surface area contributed by atoms with E-state index in [4.69, 9.17) is 9.59 Å². The molecule has 0 N–H and O–H groups in total. The molecule has 0 aliphatic carbocycles. The molecule has 0 aliphatic heterocycles. The summed E-state index contributed by atoms with van der Waals surface area (Å²) >= 11 is 0. The molecule has 2 nitrogen and oxygen atoms in total. The third-order valence-corrected chi connectivity index (χ3v) is 3.58. The van der Waals surface area contributed by atoms with Crippen molar-refractivity contribution in [3.63, 3.8) is 0 Å². The molecule has 0 aliphatic rings. The summed E-state index contributed by atoms with van der Waals surface area (Å²) in [5.41, 5.74) is 0. The molecule has 0 fully saturated rings. The zero-order chi connectivity index (χ0) is 10.6. The van der Waals surface area contributed by atoms with Crippen LogP contribution in [0.2, 0.25) is 0 Å². The van der Waals surface area contributed by atoms with Crippen molar-refractivity contribution in [3.05, 3.63) is 0 Å². The largest absolute Gasteiger partial charge is 0.281 e. The maximum atomic E-state index is 7.50. The Labute approximate surface area is 94.7 Å². The molecule has 0 spiro atoms. The summed E-state index contributed by atoms with van der Waals surface area (Å²) in [4.78, 5) is 15.0. The Morgan fingerprint density at radius 3 is 1.00 bits per heavy atom. The SMILES string of the molecule is CP(C)CCP(C)C.[C]=O.[C]=O.[Ni]. The number of hydrogen-bond acceptors (Lipinski definition) is 2. The first-order valence-corrected chi connectivity index (χ1v) is 8.17. The van der Waals surface area contributed by atoms with Crippen LogP contribution in [0.15, 0.2) is 0 Å². The molecular formula is C8H16NiO2P2. The molecule has 0 aromatic heterocycles. The first-order chi connectivity index (χ1) is 5.63. The molecule has 0 bridgehead atoms. The van der Waals surface area contributed by atoms with Crippen LogP contribution in [0.1, 0.15) is 0 Å². The normalized spacial score (nSPS) is 7.54. The Balaban J connectivity index is -0.0000000712. The van der Waals surface area contributed by atoms with Gasteiger partial charge in [-0.25, -0.2) is 0 Å². The van der Waals surface area contributed by atoms with Gasteiger partial charge in [0.15, 0.2) is 0 Å². The standard InChI is InChI=1S/C6H16P2.2CO.Ni/c1-7(2)5-6-8(3)4;2*1-2;/h5-6H2,1-4H3;;;. The summed E-state index contributed by atoms with van der Waals surface area (Å²) in [5, 5.41) is 0. The van der Waals surface area contributed by atoms with Gasteiger partial charge >= 0.3 is 0 Å². The van der Waals surface area contributed by atoms with Crippen LogP contribution in [0.3, 0.4) is 0 Å². The minimum Gasteiger partial charge on any atom is -0.281 e. The first-order valence-electron chi connectivity index (χ1n) is 3.33. The molecule has 4 radical (unpaired) electrons. The maximum absolute atomic E-state index is 7.50. The third kappa shape index (κ3) is 44.8. The van der Waals surface area contributed by atoms with E-state index in [1.165, 1.54) is 12.3 Å². The van der Waals surface area contributed by atoms with E-state index in [0.717, 1.165) is 0 Å². The molecule has 0 amide bonds. The topological polar surface area (TPSA) is 34.1 Å². The van der Waals surface area contributed by atoms with Gasteiger partial charge in [-0.1, -0.05) is 0 Å². The number of hydrogen-bond donors (Lipinski definition) is 0. The third-order valence-electron chi connectivity index (χ3n) is 0.994. The van der Waals surface area contributed by atoms with Crippen molar-refractivity contribution in [1.82, 2.24) is 0 Å². The summed E-state index contributed by atoms with van der Waals surface area (Å²) in [5.74, 6) is 0. The van der Waals surface area contributed by atoms with Crippen molar-refractivity contribution < 1.29 is 26.1 Å². The summed E-state index contributed by atoms with van der Waals surface area (Å²) < 4.78 is 0. The zero-order valence-electron chi connectivity index (χ0n) is 8.44. The fraction of sp³-hybridized carbons (Fsp3) is 0.750. The van der Waals surface area contributed by atoms with E-state index in [1.54, 1.807) is 0 Å². The molecule has 0 heterocycles. The molecular weight excluding hydrogens is 249 g/mol. The van der Waals surface area contributed by atoms with Crippen LogP contribution < -0.4 is 0 Å². The Kier molecular flexibility index (Phi) is 41.5. The van der Waals surface area contributed by atoms with Gasteiger partial charge in [0.05, 0.1) is 0 Å². The molecule has 5 heteroatoms. The summed E-state index contributed by atoms with van der Waals surface area (Å²) in [6.07, 6.45) is 2.96. The van der Waals surface area contributed by atoms with Gasteiger partial charge in [0.25, 0.3) is 13.6 Å². The van der Waals surface area contributed by atoms with Gasteiger partial charge < -0.3 is 0 Å². The van der Waals surface area contributed by atoms with Crippen LogP contribution >= 0.6 is 15.8 Å². The summed E-state index contributed by atoms with van der Waals surface area (Å²) in [7, 11) is 0.766. The van der Waals surface area contributed by atoms with E-state index in [1.807, 2.05) is 0 Å². The molecule has 0 saturated heterocycles. The van der Waals surface area contributed by atoms with Crippen molar-refractivity contribution in [2.24, 2.45) is 0 Å². The van der Waals surface area contributed by atoms with E-state index in [9.17, 15) is 0 Å². The minimum absolute atomic E-state index is 0. The fourth-order valence-electron chi connectivity index (χ4n) is 0.400.